The molecule has 0 aliphatic carbocycles. The Morgan fingerprint density at radius 3 is 2.57 bits per heavy atom. The van der Waals surface area contributed by atoms with E-state index < -0.39 is 6.36 Å². The summed E-state index contributed by atoms with van der Waals surface area (Å²) in [4.78, 5) is 0. The second-order valence-electron chi connectivity index (χ2n) is 4.18. The Balaban J connectivity index is 2.03. The number of alkyl halides is 3. The molecule has 0 aliphatic rings. The van der Waals surface area contributed by atoms with Crippen LogP contribution in [0.25, 0.3) is 0 Å². The van der Waals surface area contributed by atoms with E-state index >= 15 is 0 Å². The minimum Gasteiger partial charge on any atom is -0.406 e. The van der Waals surface area contributed by atoms with Gasteiger partial charge in [0.05, 0.1) is 5.02 Å². The first-order valence-corrected chi connectivity index (χ1v) is 7.04. The normalized spacial score (nSPS) is 11.3. The van der Waals surface area contributed by atoms with Crippen LogP contribution in [-0.2, 0) is 6.54 Å². The number of hydrogen-bond donors (Lipinski definition) is 1. The van der Waals surface area contributed by atoms with Gasteiger partial charge in [0.1, 0.15) is 5.75 Å². The lowest BCUT2D eigenvalue weighted by molar-refractivity contribution is -0.274. The smallest absolute Gasteiger partial charge is 0.406 e. The summed E-state index contributed by atoms with van der Waals surface area (Å²) >= 11 is 9.20. The molecular weight excluding hydrogens is 371 g/mol. The molecule has 2 aromatic carbocycles. The molecule has 0 aromatic heterocycles. The summed E-state index contributed by atoms with van der Waals surface area (Å²) in [5.74, 6) is -0.259. The molecule has 0 fully saturated rings. The van der Waals surface area contributed by atoms with Crippen LogP contribution in [0.5, 0.6) is 5.75 Å². The van der Waals surface area contributed by atoms with Gasteiger partial charge in [-0.3, -0.25) is 0 Å². The van der Waals surface area contributed by atoms with E-state index in [4.69, 9.17) is 11.6 Å². The monoisotopic (exact) mass is 379 g/mol. The Morgan fingerprint density at radius 2 is 1.90 bits per heavy atom. The summed E-state index contributed by atoms with van der Waals surface area (Å²) < 4.78 is 41.1. The summed E-state index contributed by atoms with van der Waals surface area (Å²) in [7, 11) is 0. The van der Waals surface area contributed by atoms with E-state index in [2.05, 4.69) is 26.0 Å². The average Bonchev–Trinajstić information content (AvgIpc) is 2.39. The lowest BCUT2D eigenvalue weighted by Crippen LogP contribution is -2.17. The van der Waals surface area contributed by atoms with Crippen molar-refractivity contribution in [2.45, 2.75) is 12.9 Å². The molecule has 0 bridgehead atoms. The predicted molar refractivity (Wildman–Crippen MR) is 79.6 cm³/mol. The van der Waals surface area contributed by atoms with Crippen LogP contribution in [0.15, 0.2) is 46.9 Å². The fourth-order valence-corrected chi connectivity index (χ4v) is 2.20. The van der Waals surface area contributed by atoms with Crippen molar-refractivity contribution in [2.75, 3.05) is 5.32 Å². The van der Waals surface area contributed by atoms with Gasteiger partial charge in [0.2, 0.25) is 0 Å². The van der Waals surface area contributed by atoms with Crippen molar-refractivity contribution in [3.8, 4) is 5.75 Å². The van der Waals surface area contributed by atoms with E-state index in [1.165, 1.54) is 18.2 Å². The van der Waals surface area contributed by atoms with Crippen LogP contribution in [0.1, 0.15) is 5.56 Å². The van der Waals surface area contributed by atoms with E-state index in [1.807, 2.05) is 12.1 Å². The largest absolute Gasteiger partial charge is 0.573 e. The van der Waals surface area contributed by atoms with Crippen molar-refractivity contribution in [2.24, 2.45) is 0 Å². The third-order valence-electron chi connectivity index (χ3n) is 2.55. The predicted octanol–water partition coefficient (Wildman–Crippen LogP) is 5.61. The van der Waals surface area contributed by atoms with E-state index in [9.17, 15) is 13.2 Å². The second kappa shape index (κ2) is 6.58. The number of hydrogen-bond acceptors (Lipinski definition) is 2. The van der Waals surface area contributed by atoms with E-state index in [1.54, 1.807) is 12.1 Å². The number of anilines is 1. The van der Waals surface area contributed by atoms with Gasteiger partial charge in [0, 0.05) is 22.8 Å². The zero-order valence-corrected chi connectivity index (χ0v) is 12.9. The highest BCUT2D eigenvalue weighted by atomic mass is 79.9. The topological polar surface area (TPSA) is 21.3 Å². The summed E-state index contributed by atoms with van der Waals surface area (Å²) in [5, 5.41) is 3.62. The van der Waals surface area contributed by atoms with Crippen LogP contribution in [0.2, 0.25) is 5.02 Å². The number of nitrogens with one attached hydrogen (secondary N) is 1. The maximum absolute atomic E-state index is 12.1. The quantitative estimate of drug-likeness (QED) is 0.744. The third kappa shape index (κ3) is 5.13. The highest BCUT2D eigenvalue weighted by Gasteiger charge is 2.31. The van der Waals surface area contributed by atoms with Crippen molar-refractivity contribution in [1.29, 1.82) is 0 Å². The molecule has 2 nitrogen and oxygen atoms in total. The van der Waals surface area contributed by atoms with Gasteiger partial charge in [-0.15, -0.1) is 13.2 Å². The fourth-order valence-electron chi connectivity index (χ4n) is 1.66. The number of ether oxygens (including phenoxy) is 1. The van der Waals surface area contributed by atoms with Gasteiger partial charge < -0.3 is 10.1 Å². The van der Waals surface area contributed by atoms with Crippen LogP contribution in [0.3, 0.4) is 0 Å². The summed E-state index contributed by atoms with van der Waals surface area (Å²) in [6.45, 7) is 0.450. The van der Waals surface area contributed by atoms with Crippen molar-refractivity contribution >= 4 is 33.2 Å². The molecule has 21 heavy (non-hydrogen) atoms. The van der Waals surface area contributed by atoms with Crippen molar-refractivity contribution < 1.29 is 17.9 Å². The molecule has 0 atom stereocenters. The third-order valence-corrected chi connectivity index (χ3v) is 3.76. The summed E-state index contributed by atoms with van der Waals surface area (Å²) in [6.07, 6.45) is -4.69. The molecule has 112 valence electrons. The number of benzene rings is 2. The van der Waals surface area contributed by atoms with Gasteiger partial charge >= 0.3 is 6.36 Å². The highest BCUT2D eigenvalue weighted by molar-refractivity contribution is 9.10. The first-order valence-electron chi connectivity index (χ1n) is 5.87. The van der Waals surface area contributed by atoms with Crippen LogP contribution in [0.4, 0.5) is 18.9 Å². The second-order valence-corrected chi connectivity index (χ2v) is 5.44. The molecule has 0 spiro atoms. The maximum atomic E-state index is 12.1. The lowest BCUT2D eigenvalue weighted by Gasteiger charge is -2.11. The Hall–Kier alpha value is -1.40. The van der Waals surface area contributed by atoms with Crippen LogP contribution < -0.4 is 10.1 Å². The number of rotatable bonds is 4. The molecule has 2 aromatic rings. The Morgan fingerprint density at radius 1 is 1.14 bits per heavy atom. The molecule has 0 amide bonds. The van der Waals surface area contributed by atoms with Gasteiger partial charge in [-0.1, -0.05) is 23.7 Å². The van der Waals surface area contributed by atoms with Gasteiger partial charge in [-0.05, 0) is 45.8 Å². The molecule has 0 heterocycles. The van der Waals surface area contributed by atoms with E-state index in [0.29, 0.717) is 17.3 Å². The standard InChI is InChI=1S/C14H10BrClF3NO/c15-12-6-9(4-5-13(12)16)8-20-10-2-1-3-11(7-10)21-14(17,18)19/h1-7,20H,8H2. The maximum Gasteiger partial charge on any atom is 0.573 e. The zero-order chi connectivity index (χ0) is 15.5. The Kier molecular flexibility index (Phi) is 5.00. The molecule has 0 aliphatic heterocycles. The molecule has 7 heteroatoms. The van der Waals surface area contributed by atoms with Crippen LogP contribution >= 0.6 is 27.5 Å². The summed E-state index contributed by atoms with van der Waals surface area (Å²) in [6, 6.07) is 11.1. The molecule has 0 saturated heterocycles. The molecule has 2 rings (SSSR count). The molecule has 0 unspecified atom stereocenters. The fraction of sp³-hybridized carbons (Fsp3) is 0.143. The molecule has 0 radical (unpaired) electrons. The van der Waals surface area contributed by atoms with Crippen molar-refractivity contribution in [1.82, 2.24) is 0 Å². The minimum atomic E-state index is -4.69. The molecular formula is C14H10BrClF3NO. The van der Waals surface area contributed by atoms with Crippen LogP contribution in [0, 0.1) is 0 Å². The minimum absolute atomic E-state index is 0.259. The zero-order valence-electron chi connectivity index (χ0n) is 10.5. The van der Waals surface area contributed by atoms with E-state index in [-0.39, 0.29) is 5.75 Å². The summed E-state index contributed by atoms with van der Waals surface area (Å²) in [5.41, 5.74) is 1.47. The first kappa shape index (κ1) is 16.0. The lowest BCUT2D eigenvalue weighted by atomic mass is 10.2. The van der Waals surface area contributed by atoms with Crippen molar-refractivity contribution in [3.63, 3.8) is 0 Å². The number of halogens is 5. The molecule has 1 N–H and O–H groups in total. The Bertz CT molecular complexity index is 634. The Labute approximate surface area is 133 Å². The van der Waals surface area contributed by atoms with Gasteiger partial charge in [0.15, 0.2) is 0 Å². The van der Waals surface area contributed by atoms with Gasteiger partial charge in [-0.25, -0.2) is 0 Å². The van der Waals surface area contributed by atoms with Crippen LogP contribution in [-0.4, -0.2) is 6.36 Å². The first-order chi connectivity index (χ1) is 9.83. The van der Waals surface area contributed by atoms with Crippen molar-refractivity contribution in [3.05, 3.63) is 57.5 Å². The average molecular weight is 381 g/mol. The van der Waals surface area contributed by atoms with E-state index in [0.717, 1.165) is 10.0 Å². The van der Waals surface area contributed by atoms with Gasteiger partial charge in [0.25, 0.3) is 0 Å². The van der Waals surface area contributed by atoms with Gasteiger partial charge in [-0.2, -0.15) is 0 Å². The SMILES string of the molecule is FC(F)(F)Oc1cccc(NCc2ccc(Cl)c(Br)c2)c1. The highest BCUT2D eigenvalue weighted by Crippen LogP contribution is 2.26. The molecule has 0 saturated carbocycles.